The molecule has 3 nitrogen and oxygen atoms in total. The summed E-state index contributed by atoms with van der Waals surface area (Å²) in [6.07, 6.45) is 0. The molecule has 0 aliphatic rings. The fraction of sp³-hybridized carbons (Fsp3) is 0. The molecular weight excluding hydrogens is 677 g/mol. The van der Waals surface area contributed by atoms with Crippen LogP contribution in [0.15, 0.2) is 186 Å². The summed E-state index contributed by atoms with van der Waals surface area (Å²) in [4.78, 5) is 11.0. The lowest BCUT2D eigenvalue weighted by Crippen LogP contribution is -1.95. The summed E-state index contributed by atoms with van der Waals surface area (Å²) in [7, 11) is 0. The third-order valence-electron chi connectivity index (χ3n) is 10.5. The lowest BCUT2D eigenvalue weighted by Gasteiger charge is -2.13. The first-order chi connectivity index (χ1) is 26.7. The lowest BCUT2D eigenvalue weighted by molar-refractivity contribution is 0.670. The third kappa shape index (κ3) is 5.03. The molecule has 8 aromatic carbocycles. The number of fused-ring (bicyclic) bond motifs is 7. The van der Waals surface area contributed by atoms with Gasteiger partial charge in [-0.05, 0) is 87.1 Å². The molecule has 0 saturated carbocycles. The van der Waals surface area contributed by atoms with Crippen molar-refractivity contribution in [3.05, 3.63) is 182 Å². The number of hydrogen-bond donors (Lipinski definition) is 0. The van der Waals surface area contributed by atoms with Crippen LogP contribution in [0.2, 0.25) is 0 Å². The van der Waals surface area contributed by atoms with Crippen LogP contribution in [0.25, 0.3) is 109 Å². The Kier molecular flexibility index (Phi) is 7.04. The summed E-state index contributed by atoms with van der Waals surface area (Å²) < 4.78 is 9.01. The molecule has 0 amide bonds. The summed E-state index contributed by atoms with van der Waals surface area (Å²) in [6, 6.07) is 64.4. The Labute approximate surface area is 315 Å². The molecule has 3 heterocycles. The Morgan fingerprint density at radius 1 is 0.426 bits per heavy atom. The van der Waals surface area contributed by atoms with Crippen molar-refractivity contribution in [2.45, 2.75) is 0 Å². The fourth-order valence-electron chi connectivity index (χ4n) is 7.86. The molecule has 0 bridgehead atoms. The van der Waals surface area contributed by atoms with Crippen LogP contribution < -0.4 is 0 Å². The van der Waals surface area contributed by atoms with Gasteiger partial charge < -0.3 is 4.42 Å². The molecule has 11 aromatic rings. The van der Waals surface area contributed by atoms with Crippen molar-refractivity contribution in [2.75, 3.05) is 0 Å². The Morgan fingerprint density at radius 3 is 1.83 bits per heavy atom. The SMILES string of the molecule is c1ccc(-c2cc(-c3ccccc3)cc(-c3nc(-c4ccc(-c5ccc6ccccc6c5)c5oc6ccccc6c45)nc4c3sc3ccccc34)c2)cc1. The van der Waals surface area contributed by atoms with Gasteiger partial charge in [0, 0.05) is 37.5 Å². The van der Waals surface area contributed by atoms with Crippen LogP contribution >= 0.6 is 11.3 Å². The van der Waals surface area contributed by atoms with E-state index in [1.807, 2.05) is 12.1 Å². The minimum absolute atomic E-state index is 0.675. The minimum Gasteiger partial charge on any atom is -0.455 e. The first-order valence-corrected chi connectivity index (χ1v) is 19.0. The molecule has 4 heteroatoms. The number of hydrogen-bond acceptors (Lipinski definition) is 4. The molecule has 0 saturated heterocycles. The molecule has 0 spiro atoms. The zero-order valence-corrected chi connectivity index (χ0v) is 29.8. The van der Waals surface area contributed by atoms with Gasteiger partial charge in [-0.15, -0.1) is 11.3 Å². The Morgan fingerprint density at radius 2 is 1.06 bits per heavy atom. The van der Waals surface area contributed by atoms with Crippen molar-refractivity contribution >= 4 is 64.4 Å². The van der Waals surface area contributed by atoms with Gasteiger partial charge in [0.15, 0.2) is 5.82 Å². The van der Waals surface area contributed by atoms with E-state index < -0.39 is 0 Å². The molecule has 0 fully saturated rings. The molecule has 0 N–H and O–H groups in total. The molecule has 0 radical (unpaired) electrons. The van der Waals surface area contributed by atoms with E-state index in [0.717, 1.165) is 87.7 Å². The maximum atomic E-state index is 6.75. The highest BCUT2D eigenvalue weighted by molar-refractivity contribution is 7.26. The van der Waals surface area contributed by atoms with E-state index in [1.165, 1.54) is 15.5 Å². The van der Waals surface area contributed by atoms with Crippen LogP contribution in [0.1, 0.15) is 0 Å². The quantitative estimate of drug-likeness (QED) is 0.179. The molecule has 252 valence electrons. The van der Waals surface area contributed by atoms with Crippen LogP contribution in [0.3, 0.4) is 0 Å². The molecule has 11 rings (SSSR count). The van der Waals surface area contributed by atoms with E-state index in [2.05, 4.69) is 170 Å². The van der Waals surface area contributed by atoms with E-state index >= 15 is 0 Å². The van der Waals surface area contributed by atoms with E-state index in [9.17, 15) is 0 Å². The number of thiophene rings is 1. The zero-order valence-electron chi connectivity index (χ0n) is 29.0. The highest BCUT2D eigenvalue weighted by Crippen LogP contribution is 2.45. The average molecular weight is 707 g/mol. The Bertz CT molecular complexity index is 3160. The van der Waals surface area contributed by atoms with E-state index in [4.69, 9.17) is 14.4 Å². The Hall–Kier alpha value is -6.88. The molecule has 54 heavy (non-hydrogen) atoms. The zero-order chi connectivity index (χ0) is 35.6. The third-order valence-corrected chi connectivity index (χ3v) is 11.6. The number of para-hydroxylation sites is 1. The van der Waals surface area contributed by atoms with Crippen molar-refractivity contribution in [1.29, 1.82) is 0 Å². The number of furan rings is 1. The normalized spacial score (nSPS) is 11.7. The van der Waals surface area contributed by atoms with Gasteiger partial charge in [0.2, 0.25) is 0 Å². The maximum absolute atomic E-state index is 6.75. The Balaban J connectivity index is 1.20. The molecule has 0 aliphatic carbocycles. The van der Waals surface area contributed by atoms with Crippen LogP contribution in [0, 0.1) is 0 Å². The fourth-order valence-corrected chi connectivity index (χ4v) is 9.02. The van der Waals surface area contributed by atoms with Crippen molar-refractivity contribution in [2.24, 2.45) is 0 Å². The standard InChI is InChI=1S/C50H30N2OS/c1-3-13-31(14-4-1)36-28-37(32-15-5-2-6-16-32)30-38(29-36)46-49-47(41-20-10-12-22-44(41)54-49)52-50(51-46)42-26-25-39(35-24-23-33-17-7-8-18-34(33)27-35)48-45(42)40-19-9-11-21-43(40)53-48/h1-30H. The average Bonchev–Trinajstić information content (AvgIpc) is 3.82. The minimum atomic E-state index is 0.675. The second-order valence-corrected chi connectivity index (χ2v) is 14.8. The topological polar surface area (TPSA) is 38.9 Å². The second kappa shape index (κ2) is 12.4. The van der Waals surface area contributed by atoms with Gasteiger partial charge in [-0.3, -0.25) is 0 Å². The van der Waals surface area contributed by atoms with E-state index in [1.54, 1.807) is 11.3 Å². The van der Waals surface area contributed by atoms with Crippen LogP contribution in [0.5, 0.6) is 0 Å². The summed E-state index contributed by atoms with van der Waals surface area (Å²) in [6.45, 7) is 0. The molecule has 0 atom stereocenters. The first kappa shape index (κ1) is 30.7. The number of nitrogens with zero attached hydrogens (tertiary/aromatic N) is 2. The molecular formula is C50H30N2OS. The smallest absolute Gasteiger partial charge is 0.161 e. The van der Waals surface area contributed by atoms with Crippen molar-refractivity contribution < 1.29 is 4.42 Å². The maximum Gasteiger partial charge on any atom is 0.161 e. The molecule has 0 unspecified atom stereocenters. The number of benzene rings is 8. The van der Waals surface area contributed by atoms with Crippen molar-refractivity contribution in [3.63, 3.8) is 0 Å². The first-order valence-electron chi connectivity index (χ1n) is 18.1. The summed E-state index contributed by atoms with van der Waals surface area (Å²) in [5.74, 6) is 0.675. The van der Waals surface area contributed by atoms with E-state index in [0.29, 0.717) is 5.82 Å². The lowest BCUT2D eigenvalue weighted by atomic mass is 9.94. The van der Waals surface area contributed by atoms with E-state index in [-0.39, 0.29) is 0 Å². The van der Waals surface area contributed by atoms with Crippen molar-refractivity contribution in [3.8, 4) is 56.0 Å². The van der Waals surface area contributed by atoms with Gasteiger partial charge in [-0.1, -0.05) is 133 Å². The predicted octanol–water partition coefficient (Wildman–Crippen LogP) is 14.2. The van der Waals surface area contributed by atoms with Crippen molar-refractivity contribution in [1.82, 2.24) is 9.97 Å². The molecule has 0 aliphatic heterocycles. The summed E-state index contributed by atoms with van der Waals surface area (Å²) >= 11 is 1.76. The van der Waals surface area contributed by atoms with Crippen LogP contribution in [-0.4, -0.2) is 9.97 Å². The van der Waals surface area contributed by atoms with Gasteiger partial charge in [0.05, 0.1) is 15.9 Å². The highest BCUT2D eigenvalue weighted by Gasteiger charge is 2.22. The van der Waals surface area contributed by atoms with Gasteiger partial charge in [-0.2, -0.15) is 0 Å². The molecule has 3 aromatic heterocycles. The largest absolute Gasteiger partial charge is 0.455 e. The summed E-state index contributed by atoms with van der Waals surface area (Å²) in [5.41, 5.74) is 12.3. The predicted molar refractivity (Wildman–Crippen MR) is 227 cm³/mol. The van der Waals surface area contributed by atoms with Crippen LogP contribution in [-0.2, 0) is 0 Å². The number of aromatic nitrogens is 2. The second-order valence-electron chi connectivity index (χ2n) is 13.7. The summed E-state index contributed by atoms with van der Waals surface area (Å²) in [5, 5.41) is 5.60. The van der Waals surface area contributed by atoms with Gasteiger partial charge in [0.25, 0.3) is 0 Å². The van der Waals surface area contributed by atoms with Crippen LogP contribution in [0.4, 0.5) is 0 Å². The monoisotopic (exact) mass is 706 g/mol. The van der Waals surface area contributed by atoms with Gasteiger partial charge in [0.1, 0.15) is 11.2 Å². The highest BCUT2D eigenvalue weighted by atomic mass is 32.1. The van der Waals surface area contributed by atoms with Gasteiger partial charge in [-0.25, -0.2) is 9.97 Å². The number of rotatable bonds is 5. The van der Waals surface area contributed by atoms with Gasteiger partial charge >= 0.3 is 0 Å².